The highest BCUT2D eigenvalue weighted by Gasteiger charge is 2.23. The van der Waals surface area contributed by atoms with Gasteiger partial charge in [-0.3, -0.25) is 9.59 Å². The van der Waals surface area contributed by atoms with Gasteiger partial charge in [-0.15, -0.1) is 0 Å². The van der Waals surface area contributed by atoms with E-state index in [1.165, 1.54) is 26.0 Å². The number of rotatable bonds is 6. The van der Waals surface area contributed by atoms with Crippen LogP contribution in [-0.4, -0.2) is 29.9 Å². The highest BCUT2D eigenvalue weighted by atomic mass is 35.5. The molecule has 142 valence electrons. The fourth-order valence-electron chi connectivity index (χ4n) is 2.05. The number of anilines is 1. The second-order valence-electron chi connectivity index (χ2n) is 5.78. The smallest absolute Gasteiger partial charge is 0.329 e. The summed E-state index contributed by atoms with van der Waals surface area (Å²) in [6.07, 6.45) is -1.04. The molecule has 0 unspecified atom stereocenters. The van der Waals surface area contributed by atoms with E-state index in [9.17, 15) is 14.4 Å². The minimum Gasteiger partial charge on any atom is -0.451 e. The molecule has 0 aromatic heterocycles. The van der Waals surface area contributed by atoms with Crippen LogP contribution in [0.4, 0.5) is 5.69 Å². The van der Waals surface area contributed by atoms with Gasteiger partial charge in [-0.25, -0.2) is 4.79 Å². The number of halogens is 2. The molecule has 0 radical (unpaired) electrons. The zero-order chi connectivity index (χ0) is 20.0. The lowest BCUT2D eigenvalue weighted by molar-refractivity contribution is -0.154. The first kappa shape index (κ1) is 20.7. The van der Waals surface area contributed by atoms with Gasteiger partial charge in [0.25, 0.3) is 11.8 Å². The molecule has 0 aliphatic rings. The van der Waals surface area contributed by atoms with E-state index >= 15 is 0 Å². The topological polar surface area (TPSA) is 84.5 Å². The molecular formula is C19H18Cl2N2O4. The van der Waals surface area contributed by atoms with E-state index in [0.717, 1.165) is 0 Å². The van der Waals surface area contributed by atoms with Crippen molar-refractivity contribution in [3.8, 4) is 0 Å². The van der Waals surface area contributed by atoms with Crippen molar-refractivity contribution in [1.82, 2.24) is 5.32 Å². The lowest BCUT2D eigenvalue weighted by Crippen LogP contribution is -2.42. The van der Waals surface area contributed by atoms with E-state index in [-0.39, 0.29) is 0 Å². The molecule has 0 aliphatic heterocycles. The summed E-state index contributed by atoms with van der Waals surface area (Å²) < 4.78 is 5.11. The highest BCUT2D eigenvalue weighted by Crippen LogP contribution is 2.14. The average Bonchev–Trinajstić information content (AvgIpc) is 2.63. The Labute approximate surface area is 166 Å². The van der Waals surface area contributed by atoms with Crippen molar-refractivity contribution < 1.29 is 19.1 Å². The number of ether oxygens (including phenoxy) is 1. The summed E-state index contributed by atoms with van der Waals surface area (Å²) in [7, 11) is 0. The van der Waals surface area contributed by atoms with Gasteiger partial charge in [0.2, 0.25) is 0 Å². The molecule has 8 heteroatoms. The Kier molecular flexibility index (Phi) is 7.21. The highest BCUT2D eigenvalue weighted by molar-refractivity contribution is 6.31. The molecule has 0 aliphatic carbocycles. The lowest BCUT2D eigenvalue weighted by Gasteiger charge is -2.17. The van der Waals surface area contributed by atoms with Gasteiger partial charge in [0.15, 0.2) is 6.10 Å². The molecule has 0 saturated carbocycles. The summed E-state index contributed by atoms with van der Waals surface area (Å²) in [5.41, 5.74) is 0.879. The first-order chi connectivity index (χ1) is 12.8. The molecule has 0 spiro atoms. The molecule has 0 bridgehead atoms. The van der Waals surface area contributed by atoms with E-state index in [1.54, 1.807) is 36.4 Å². The van der Waals surface area contributed by atoms with Crippen LogP contribution in [-0.2, 0) is 14.3 Å². The summed E-state index contributed by atoms with van der Waals surface area (Å²) in [6.45, 7) is 2.91. The van der Waals surface area contributed by atoms with Crippen molar-refractivity contribution in [3.05, 3.63) is 64.1 Å². The maximum absolute atomic E-state index is 12.1. The van der Waals surface area contributed by atoms with Gasteiger partial charge in [0, 0.05) is 21.3 Å². The first-order valence-corrected chi connectivity index (χ1v) is 8.85. The summed E-state index contributed by atoms with van der Waals surface area (Å²) in [5, 5.41) is 6.16. The fourth-order valence-corrected chi connectivity index (χ4v) is 2.30. The monoisotopic (exact) mass is 408 g/mol. The molecular weight excluding hydrogens is 391 g/mol. The zero-order valence-corrected chi connectivity index (χ0v) is 16.2. The molecule has 2 aromatic rings. The van der Waals surface area contributed by atoms with Gasteiger partial charge in [0.1, 0.15) is 6.04 Å². The predicted octanol–water partition coefficient (Wildman–Crippen LogP) is 3.68. The van der Waals surface area contributed by atoms with Gasteiger partial charge < -0.3 is 15.4 Å². The number of esters is 1. The van der Waals surface area contributed by atoms with Crippen LogP contribution in [0, 0.1) is 0 Å². The zero-order valence-electron chi connectivity index (χ0n) is 14.7. The molecule has 27 heavy (non-hydrogen) atoms. The Hall–Kier alpha value is -2.57. The Bertz CT molecular complexity index is 823. The molecule has 2 atom stereocenters. The van der Waals surface area contributed by atoms with Crippen molar-refractivity contribution >= 4 is 46.7 Å². The van der Waals surface area contributed by atoms with Gasteiger partial charge in [0.05, 0.1) is 0 Å². The Balaban J connectivity index is 1.86. The van der Waals surface area contributed by atoms with Crippen LogP contribution < -0.4 is 10.6 Å². The maximum Gasteiger partial charge on any atom is 0.329 e. The second kappa shape index (κ2) is 9.39. The SMILES string of the molecule is C[C@H](NC(=O)c1ccc(Cl)cc1)C(=O)O[C@H](C)C(=O)Nc1ccc(Cl)cc1. The van der Waals surface area contributed by atoms with Crippen molar-refractivity contribution in [3.63, 3.8) is 0 Å². The van der Waals surface area contributed by atoms with Crippen LogP contribution in [0.1, 0.15) is 24.2 Å². The third-order valence-corrected chi connectivity index (χ3v) is 4.09. The summed E-state index contributed by atoms with van der Waals surface area (Å²) in [4.78, 5) is 36.3. The number of nitrogens with one attached hydrogen (secondary N) is 2. The number of benzene rings is 2. The van der Waals surface area contributed by atoms with Crippen LogP contribution >= 0.6 is 23.2 Å². The lowest BCUT2D eigenvalue weighted by atomic mass is 10.2. The van der Waals surface area contributed by atoms with Crippen LogP contribution in [0.2, 0.25) is 10.0 Å². The van der Waals surface area contributed by atoms with Gasteiger partial charge in [-0.2, -0.15) is 0 Å². The Morgan fingerprint density at radius 3 is 1.96 bits per heavy atom. The van der Waals surface area contributed by atoms with E-state index < -0.39 is 29.9 Å². The fraction of sp³-hybridized carbons (Fsp3) is 0.211. The number of amides is 2. The Morgan fingerprint density at radius 2 is 1.41 bits per heavy atom. The third-order valence-electron chi connectivity index (χ3n) is 3.58. The number of hydrogen-bond donors (Lipinski definition) is 2. The van der Waals surface area contributed by atoms with Crippen LogP contribution in [0.15, 0.2) is 48.5 Å². The average molecular weight is 409 g/mol. The number of carbonyl (C=O) groups is 3. The van der Waals surface area contributed by atoms with E-state index in [1.807, 2.05) is 0 Å². The Morgan fingerprint density at radius 1 is 0.889 bits per heavy atom. The van der Waals surface area contributed by atoms with Gasteiger partial charge in [-0.05, 0) is 62.4 Å². The van der Waals surface area contributed by atoms with Crippen molar-refractivity contribution in [2.24, 2.45) is 0 Å². The molecule has 0 saturated heterocycles. The molecule has 0 heterocycles. The van der Waals surface area contributed by atoms with E-state index in [4.69, 9.17) is 27.9 Å². The quantitative estimate of drug-likeness (QED) is 0.713. The van der Waals surface area contributed by atoms with Crippen LogP contribution in [0.3, 0.4) is 0 Å². The summed E-state index contributed by atoms with van der Waals surface area (Å²) >= 11 is 11.6. The van der Waals surface area contributed by atoms with E-state index in [2.05, 4.69) is 10.6 Å². The van der Waals surface area contributed by atoms with Crippen LogP contribution in [0.5, 0.6) is 0 Å². The van der Waals surface area contributed by atoms with Crippen molar-refractivity contribution in [2.75, 3.05) is 5.32 Å². The summed E-state index contributed by atoms with van der Waals surface area (Å²) in [6, 6.07) is 11.8. The molecule has 2 amide bonds. The maximum atomic E-state index is 12.1. The number of hydrogen-bond acceptors (Lipinski definition) is 4. The first-order valence-electron chi connectivity index (χ1n) is 8.09. The minimum atomic E-state index is -1.04. The normalized spacial score (nSPS) is 12.6. The number of carbonyl (C=O) groups excluding carboxylic acids is 3. The standard InChI is InChI=1S/C19H18Cl2N2O4/c1-11(22-18(25)13-3-5-14(20)6-4-13)19(26)27-12(2)17(24)23-16-9-7-15(21)8-10-16/h3-12H,1-2H3,(H,22,25)(H,23,24)/t11-,12+/m0/s1. The molecule has 0 fully saturated rings. The largest absolute Gasteiger partial charge is 0.451 e. The summed E-state index contributed by atoms with van der Waals surface area (Å²) in [5.74, 6) is -1.67. The van der Waals surface area contributed by atoms with Gasteiger partial charge in [-0.1, -0.05) is 23.2 Å². The molecule has 2 N–H and O–H groups in total. The van der Waals surface area contributed by atoms with Gasteiger partial charge >= 0.3 is 5.97 Å². The third kappa shape index (κ3) is 6.27. The van der Waals surface area contributed by atoms with Crippen molar-refractivity contribution in [2.45, 2.75) is 26.0 Å². The van der Waals surface area contributed by atoms with E-state index in [0.29, 0.717) is 21.3 Å². The molecule has 6 nitrogen and oxygen atoms in total. The van der Waals surface area contributed by atoms with Crippen LogP contribution in [0.25, 0.3) is 0 Å². The minimum absolute atomic E-state index is 0.354. The second-order valence-corrected chi connectivity index (χ2v) is 6.65. The predicted molar refractivity (Wildman–Crippen MR) is 104 cm³/mol. The van der Waals surface area contributed by atoms with Crippen molar-refractivity contribution in [1.29, 1.82) is 0 Å². The molecule has 2 aromatic carbocycles. The molecule has 2 rings (SSSR count).